The summed E-state index contributed by atoms with van der Waals surface area (Å²) < 4.78 is 0. The highest BCUT2D eigenvalue weighted by Crippen LogP contribution is 2.26. The van der Waals surface area contributed by atoms with Crippen LogP contribution in [0.2, 0.25) is 0 Å². The molecular weight excluding hydrogens is 218 g/mol. The molecule has 0 spiro atoms. The second-order valence-corrected chi connectivity index (χ2v) is 4.95. The number of imide groups is 1. The van der Waals surface area contributed by atoms with Gasteiger partial charge in [-0.25, -0.2) is 0 Å². The maximum atomic E-state index is 11.9. The molecule has 4 nitrogen and oxygen atoms in total. The normalized spacial score (nSPS) is 20.4. The average molecular weight is 239 g/mol. The zero-order chi connectivity index (χ0) is 12.8. The van der Waals surface area contributed by atoms with Crippen LogP contribution in [0.3, 0.4) is 0 Å². The van der Waals surface area contributed by atoms with Gasteiger partial charge < -0.3 is 4.79 Å². The van der Waals surface area contributed by atoms with Crippen molar-refractivity contribution in [2.75, 3.05) is 6.54 Å². The zero-order valence-electron chi connectivity index (χ0n) is 10.6. The Labute approximate surface area is 102 Å². The first-order valence-electron chi connectivity index (χ1n) is 6.35. The van der Waals surface area contributed by atoms with Crippen molar-refractivity contribution in [2.24, 2.45) is 11.8 Å². The number of aldehydes is 1. The number of nitrogens with zero attached hydrogens (tertiary/aromatic N) is 1. The lowest BCUT2D eigenvalue weighted by Gasteiger charge is -2.16. The van der Waals surface area contributed by atoms with Gasteiger partial charge in [0.25, 0.3) is 0 Å². The molecule has 1 unspecified atom stereocenters. The monoisotopic (exact) mass is 239 g/mol. The van der Waals surface area contributed by atoms with Gasteiger partial charge in [-0.3, -0.25) is 14.5 Å². The van der Waals surface area contributed by atoms with Crippen LogP contribution in [0.25, 0.3) is 0 Å². The summed E-state index contributed by atoms with van der Waals surface area (Å²) in [5.74, 6) is 0.0495. The Morgan fingerprint density at radius 2 is 2.00 bits per heavy atom. The molecule has 0 aromatic rings. The minimum Gasteiger partial charge on any atom is -0.303 e. The molecule has 17 heavy (non-hydrogen) atoms. The van der Waals surface area contributed by atoms with Gasteiger partial charge in [-0.1, -0.05) is 20.3 Å². The molecule has 1 atom stereocenters. The molecule has 0 N–H and O–H groups in total. The van der Waals surface area contributed by atoms with Gasteiger partial charge in [0.05, 0.1) is 0 Å². The number of carbonyl (C=O) groups is 3. The second kappa shape index (κ2) is 6.52. The van der Waals surface area contributed by atoms with Gasteiger partial charge in [-0.15, -0.1) is 0 Å². The summed E-state index contributed by atoms with van der Waals surface area (Å²) in [5, 5.41) is 0. The molecule has 1 aliphatic heterocycles. The molecule has 4 heteroatoms. The molecule has 0 radical (unpaired) electrons. The minimum absolute atomic E-state index is 0.0135. The Balaban J connectivity index is 2.36. The van der Waals surface area contributed by atoms with Crippen LogP contribution in [0, 0.1) is 11.8 Å². The van der Waals surface area contributed by atoms with Gasteiger partial charge in [-0.2, -0.15) is 0 Å². The fourth-order valence-corrected chi connectivity index (χ4v) is 2.14. The van der Waals surface area contributed by atoms with E-state index >= 15 is 0 Å². The van der Waals surface area contributed by atoms with Crippen LogP contribution in [0.5, 0.6) is 0 Å². The Morgan fingerprint density at radius 3 is 2.53 bits per heavy atom. The highest BCUT2D eigenvalue weighted by atomic mass is 16.2. The molecule has 1 saturated heterocycles. The second-order valence-electron chi connectivity index (χ2n) is 4.95. The first-order chi connectivity index (χ1) is 8.07. The van der Waals surface area contributed by atoms with Crippen LogP contribution in [-0.4, -0.2) is 29.5 Å². The Hall–Kier alpha value is -1.19. The lowest BCUT2D eigenvalue weighted by atomic mass is 9.94. The summed E-state index contributed by atoms with van der Waals surface area (Å²) in [4.78, 5) is 35.1. The van der Waals surface area contributed by atoms with Gasteiger partial charge in [0, 0.05) is 25.3 Å². The predicted octanol–water partition coefficient (Wildman–Crippen LogP) is 1.78. The molecule has 1 aliphatic rings. The van der Waals surface area contributed by atoms with E-state index in [-0.39, 0.29) is 23.7 Å². The van der Waals surface area contributed by atoms with E-state index in [4.69, 9.17) is 0 Å². The van der Waals surface area contributed by atoms with E-state index in [1.807, 2.05) is 13.8 Å². The number of hydrogen-bond acceptors (Lipinski definition) is 3. The quantitative estimate of drug-likeness (QED) is 0.386. The molecule has 0 bridgehead atoms. The van der Waals surface area contributed by atoms with Gasteiger partial charge in [0.15, 0.2) is 0 Å². The minimum atomic E-state index is -0.127. The number of hydrogen-bond donors (Lipinski definition) is 0. The van der Waals surface area contributed by atoms with Crippen molar-refractivity contribution in [3.63, 3.8) is 0 Å². The van der Waals surface area contributed by atoms with Crippen LogP contribution in [0.4, 0.5) is 0 Å². The van der Waals surface area contributed by atoms with E-state index in [0.717, 1.165) is 25.5 Å². The van der Waals surface area contributed by atoms with Gasteiger partial charge in [0.1, 0.15) is 6.29 Å². The van der Waals surface area contributed by atoms with Crippen molar-refractivity contribution in [1.29, 1.82) is 0 Å². The third-order valence-electron chi connectivity index (χ3n) is 3.29. The van der Waals surface area contributed by atoms with Gasteiger partial charge >= 0.3 is 0 Å². The summed E-state index contributed by atoms with van der Waals surface area (Å²) in [7, 11) is 0. The number of unbranched alkanes of at least 4 members (excludes halogenated alkanes) is 3. The van der Waals surface area contributed by atoms with Crippen LogP contribution < -0.4 is 0 Å². The van der Waals surface area contributed by atoms with Crippen LogP contribution >= 0.6 is 0 Å². The summed E-state index contributed by atoms with van der Waals surface area (Å²) >= 11 is 0. The van der Waals surface area contributed by atoms with E-state index < -0.39 is 0 Å². The number of likely N-dealkylation sites (tertiary alicyclic amines) is 1. The molecule has 1 rings (SSSR count). The molecule has 2 amide bonds. The molecule has 1 fully saturated rings. The molecule has 0 aromatic carbocycles. The first-order valence-corrected chi connectivity index (χ1v) is 6.35. The fraction of sp³-hybridized carbons (Fsp3) is 0.769. The number of amides is 2. The summed E-state index contributed by atoms with van der Waals surface area (Å²) in [6.07, 6.45) is 4.37. The molecule has 0 aliphatic carbocycles. The third kappa shape index (κ3) is 3.65. The molecule has 0 aromatic heterocycles. The summed E-state index contributed by atoms with van der Waals surface area (Å²) in [6, 6.07) is 0. The van der Waals surface area contributed by atoms with Crippen molar-refractivity contribution < 1.29 is 14.4 Å². The number of carbonyl (C=O) groups excluding carboxylic acids is 3. The smallest absolute Gasteiger partial charge is 0.233 e. The Kier molecular flexibility index (Phi) is 5.32. The van der Waals surface area contributed by atoms with Crippen LogP contribution in [0.15, 0.2) is 0 Å². The fourth-order valence-electron chi connectivity index (χ4n) is 2.14. The van der Waals surface area contributed by atoms with E-state index in [0.29, 0.717) is 19.4 Å². The lowest BCUT2D eigenvalue weighted by Crippen LogP contribution is -2.32. The highest BCUT2D eigenvalue weighted by molar-refractivity contribution is 6.03. The maximum absolute atomic E-state index is 11.9. The third-order valence-corrected chi connectivity index (χ3v) is 3.29. The van der Waals surface area contributed by atoms with E-state index in [2.05, 4.69) is 0 Å². The molecule has 0 saturated carbocycles. The zero-order valence-corrected chi connectivity index (χ0v) is 10.6. The van der Waals surface area contributed by atoms with Crippen molar-refractivity contribution in [2.45, 2.75) is 46.0 Å². The van der Waals surface area contributed by atoms with E-state index in [9.17, 15) is 14.4 Å². The summed E-state index contributed by atoms with van der Waals surface area (Å²) in [5.41, 5.74) is 0. The highest BCUT2D eigenvalue weighted by Gasteiger charge is 2.39. The van der Waals surface area contributed by atoms with Gasteiger partial charge in [0.2, 0.25) is 11.8 Å². The van der Waals surface area contributed by atoms with Gasteiger partial charge in [-0.05, 0) is 18.8 Å². The van der Waals surface area contributed by atoms with Crippen LogP contribution in [0.1, 0.15) is 46.0 Å². The maximum Gasteiger partial charge on any atom is 0.233 e. The Morgan fingerprint density at radius 1 is 1.29 bits per heavy atom. The van der Waals surface area contributed by atoms with Crippen molar-refractivity contribution >= 4 is 18.1 Å². The van der Waals surface area contributed by atoms with E-state index in [1.165, 1.54) is 4.90 Å². The predicted molar refractivity (Wildman–Crippen MR) is 64.2 cm³/mol. The van der Waals surface area contributed by atoms with Crippen molar-refractivity contribution in [3.05, 3.63) is 0 Å². The van der Waals surface area contributed by atoms with Crippen molar-refractivity contribution in [1.82, 2.24) is 4.90 Å². The molecule has 1 heterocycles. The largest absolute Gasteiger partial charge is 0.303 e. The standard InChI is InChI=1S/C13H21NO3/c1-10(2)11-9-12(16)14(13(11)17)7-5-3-4-6-8-15/h8,10-11H,3-7,9H2,1-2H3. The first kappa shape index (κ1) is 13.9. The average Bonchev–Trinajstić information content (AvgIpc) is 2.56. The van der Waals surface area contributed by atoms with Crippen LogP contribution in [-0.2, 0) is 14.4 Å². The molecular formula is C13H21NO3. The molecule has 96 valence electrons. The summed E-state index contributed by atoms with van der Waals surface area (Å²) in [6.45, 7) is 4.46. The van der Waals surface area contributed by atoms with Crippen molar-refractivity contribution in [3.8, 4) is 0 Å². The van der Waals surface area contributed by atoms with E-state index in [1.54, 1.807) is 0 Å². The topological polar surface area (TPSA) is 54.5 Å². The Bertz CT molecular complexity index is 299. The number of rotatable bonds is 7. The SMILES string of the molecule is CC(C)C1CC(=O)N(CCCCCC=O)C1=O. The lowest BCUT2D eigenvalue weighted by molar-refractivity contribution is -0.139.